The van der Waals surface area contributed by atoms with Gasteiger partial charge in [0, 0.05) is 16.3 Å². The highest BCUT2D eigenvalue weighted by atomic mass is 32.2. The van der Waals surface area contributed by atoms with E-state index in [9.17, 15) is 13.6 Å². The van der Waals surface area contributed by atoms with Crippen molar-refractivity contribution in [3.63, 3.8) is 0 Å². The van der Waals surface area contributed by atoms with E-state index >= 15 is 0 Å². The Balaban J connectivity index is 1.50. The first-order chi connectivity index (χ1) is 15.0. The minimum absolute atomic E-state index is 0.157. The summed E-state index contributed by atoms with van der Waals surface area (Å²) in [6, 6.07) is 19.6. The molecule has 0 saturated carbocycles. The highest BCUT2D eigenvalue weighted by Gasteiger charge is 2.14. The van der Waals surface area contributed by atoms with Gasteiger partial charge < -0.3 is 5.32 Å². The van der Waals surface area contributed by atoms with Crippen LogP contribution in [-0.2, 0) is 4.79 Å². The van der Waals surface area contributed by atoms with E-state index in [-0.39, 0.29) is 29.3 Å². The maximum atomic E-state index is 13.3. The van der Waals surface area contributed by atoms with Gasteiger partial charge in [0.2, 0.25) is 5.91 Å². The van der Waals surface area contributed by atoms with Crippen LogP contribution < -0.4 is 5.32 Å². The van der Waals surface area contributed by atoms with Gasteiger partial charge in [-0.25, -0.2) is 8.78 Å². The molecule has 0 radical (unpaired) electrons. The zero-order valence-corrected chi connectivity index (χ0v) is 17.5. The lowest BCUT2D eigenvalue weighted by Gasteiger charge is -2.14. The van der Waals surface area contributed by atoms with Crippen LogP contribution in [0.1, 0.15) is 18.5 Å². The van der Waals surface area contributed by atoms with E-state index in [0.717, 1.165) is 21.9 Å². The van der Waals surface area contributed by atoms with Gasteiger partial charge in [-0.3, -0.25) is 4.79 Å². The van der Waals surface area contributed by atoms with Crippen LogP contribution in [0.25, 0.3) is 22.0 Å². The van der Waals surface area contributed by atoms with E-state index in [1.54, 1.807) is 24.3 Å². The lowest BCUT2D eigenvalue weighted by molar-refractivity contribution is -0.119. The number of halogens is 2. The molecule has 0 aliphatic rings. The van der Waals surface area contributed by atoms with Crippen molar-refractivity contribution in [3.8, 4) is 11.3 Å². The van der Waals surface area contributed by atoms with Crippen LogP contribution in [0.15, 0.2) is 77.8 Å². The largest absolute Gasteiger partial charge is 0.349 e. The minimum atomic E-state index is -0.313. The first-order valence-electron chi connectivity index (χ1n) is 9.70. The minimum Gasteiger partial charge on any atom is -0.349 e. The topological polar surface area (TPSA) is 54.9 Å². The molecule has 1 N–H and O–H groups in total. The Morgan fingerprint density at radius 1 is 0.903 bits per heavy atom. The molecule has 7 heteroatoms. The molecule has 1 amide bonds. The third-order valence-electron chi connectivity index (χ3n) is 4.86. The van der Waals surface area contributed by atoms with Crippen molar-refractivity contribution in [1.29, 1.82) is 0 Å². The number of carbonyl (C=O) groups is 1. The molecule has 0 spiro atoms. The van der Waals surface area contributed by atoms with Gasteiger partial charge in [0.25, 0.3) is 0 Å². The number of rotatable bonds is 6. The second-order valence-corrected chi connectivity index (χ2v) is 8.00. The maximum Gasteiger partial charge on any atom is 0.230 e. The number of aromatic nitrogens is 2. The van der Waals surface area contributed by atoms with E-state index in [1.807, 2.05) is 31.2 Å². The van der Waals surface area contributed by atoms with Crippen molar-refractivity contribution in [2.75, 3.05) is 5.75 Å². The van der Waals surface area contributed by atoms with Gasteiger partial charge in [0.15, 0.2) is 0 Å². The molecule has 0 aliphatic heterocycles. The van der Waals surface area contributed by atoms with Crippen LogP contribution in [0.3, 0.4) is 0 Å². The van der Waals surface area contributed by atoms with Gasteiger partial charge in [-0.05, 0) is 48.9 Å². The Bertz CT molecular complexity index is 1210. The Morgan fingerprint density at radius 3 is 2.19 bits per heavy atom. The van der Waals surface area contributed by atoms with Crippen molar-refractivity contribution in [1.82, 2.24) is 15.5 Å². The zero-order chi connectivity index (χ0) is 21.8. The maximum absolute atomic E-state index is 13.3. The molecule has 1 atom stereocenters. The average molecular weight is 435 g/mol. The van der Waals surface area contributed by atoms with Gasteiger partial charge in [-0.15, -0.1) is 10.2 Å². The molecule has 1 unspecified atom stereocenters. The summed E-state index contributed by atoms with van der Waals surface area (Å²) >= 11 is 1.30. The molecule has 3 aromatic carbocycles. The Labute approximate surface area is 182 Å². The number of hydrogen-bond acceptors (Lipinski definition) is 4. The molecule has 4 rings (SSSR count). The summed E-state index contributed by atoms with van der Waals surface area (Å²) in [6.45, 7) is 1.85. The number of fused-ring (bicyclic) bond motifs is 1. The smallest absolute Gasteiger partial charge is 0.230 e. The number of carbonyl (C=O) groups excluding carboxylic acids is 1. The molecule has 4 nitrogen and oxygen atoms in total. The molecule has 31 heavy (non-hydrogen) atoms. The summed E-state index contributed by atoms with van der Waals surface area (Å²) in [4.78, 5) is 12.4. The lowest BCUT2D eigenvalue weighted by Crippen LogP contribution is -2.28. The van der Waals surface area contributed by atoms with Crippen LogP contribution in [0.4, 0.5) is 8.78 Å². The SMILES string of the molecule is CC(NC(=O)CSc1nnc(-c2ccc(F)cc2)c2ccccc12)c1ccc(F)cc1. The molecular weight excluding hydrogens is 416 g/mol. The van der Waals surface area contributed by atoms with E-state index in [2.05, 4.69) is 15.5 Å². The van der Waals surface area contributed by atoms with Crippen molar-refractivity contribution < 1.29 is 13.6 Å². The van der Waals surface area contributed by atoms with E-state index < -0.39 is 0 Å². The van der Waals surface area contributed by atoms with Gasteiger partial charge in [-0.2, -0.15) is 0 Å². The second kappa shape index (κ2) is 9.22. The average Bonchev–Trinajstić information content (AvgIpc) is 2.78. The van der Waals surface area contributed by atoms with Crippen molar-refractivity contribution in [2.45, 2.75) is 18.0 Å². The predicted octanol–water partition coefficient (Wildman–Crippen LogP) is 5.54. The number of nitrogens with one attached hydrogen (secondary N) is 1. The first-order valence-corrected chi connectivity index (χ1v) is 10.7. The summed E-state index contributed by atoms with van der Waals surface area (Å²) in [5.74, 6) is -0.614. The molecule has 0 saturated heterocycles. The fourth-order valence-electron chi connectivity index (χ4n) is 3.26. The van der Waals surface area contributed by atoms with Crippen LogP contribution >= 0.6 is 11.8 Å². The third-order valence-corrected chi connectivity index (χ3v) is 5.84. The molecule has 1 aromatic heterocycles. The summed E-state index contributed by atoms with van der Waals surface area (Å²) in [5.41, 5.74) is 2.26. The molecule has 0 aliphatic carbocycles. The molecular formula is C24H19F2N3OS. The van der Waals surface area contributed by atoms with Crippen LogP contribution in [-0.4, -0.2) is 21.9 Å². The molecule has 4 aromatic rings. The predicted molar refractivity (Wildman–Crippen MR) is 119 cm³/mol. The van der Waals surface area contributed by atoms with E-state index in [0.29, 0.717) is 10.7 Å². The Morgan fingerprint density at radius 2 is 1.52 bits per heavy atom. The fourth-order valence-corrected chi connectivity index (χ4v) is 4.04. The summed E-state index contributed by atoms with van der Waals surface area (Å²) in [7, 11) is 0. The van der Waals surface area contributed by atoms with Gasteiger partial charge in [0.1, 0.15) is 22.4 Å². The highest BCUT2D eigenvalue weighted by molar-refractivity contribution is 8.00. The van der Waals surface area contributed by atoms with Crippen LogP contribution in [0.2, 0.25) is 0 Å². The number of amides is 1. The Hall–Kier alpha value is -3.32. The summed E-state index contributed by atoms with van der Waals surface area (Å²) < 4.78 is 26.4. The number of hydrogen-bond donors (Lipinski definition) is 1. The normalized spacial score (nSPS) is 12.0. The zero-order valence-electron chi connectivity index (χ0n) is 16.7. The van der Waals surface area contributed by atoms with Crippen molar-refractivity contribution in [2.24, 2.45) is 0 Å². The molecule has 0 bridgehead atoms. The quantitative estimate of drug-likeness (QED) is 0.404. The molecule has 1 heterocycles. The summed E-state index contributed by atoms with van der Waals surface area (Å²) in [6.07, 6.45) is 0. The molecule has 0 fully saturated rings. The highest BCUT2D eigenvalue weighted by Crippen LogP contribution is 2.31. The van der Waals surface area contributed by atoms with E-state index in [4.69, 9.17) is 0 Å². The number of benzene rings is 3. The van der Waals surface area contributed by atoms with Gasteiger partial charge in [0.05, 0.1) is 11.8 Å². The molecule has 156 valence electrons. The van der Waals surface area contributed by atoms with Crippen LogP contribution in [0, 0.1) is 11.6 Å². The van der Waals surface area contributed by atoms with Gasteiger partial charge >= 0.3 is 0 Å². The van der Waals surface area contributed by atoms with E-state index in [1.165, 1.54) is 36.0 Å². The monoisotopic (exact) mass is 435 g/mol. The van der Waals surface area contributed by atoms with Crippen molar-refractivity contribution in [3.05, 3.63) is 90.0 Å². The first kappa shape index (κ1) is 20.9. The second-order valence-electron chi connectivity index (χ2n) is 7.04. The number of nitrogens with zero attached hydrogens (tertiary/aromatic N) is 2. The lowest BCUT2D eigenvalue weighted by atomic mass is 10.1. The Kier molecular flexibility index (Phi) is 6.23. The fraction of sp³-hybridized carbons (Fsp3) is 0.125. The van der Waals surface area contributed by atoms with Gasteiger partial charge in [-0.1, -0.05) is 48.2 Å². The standard InChI is InChI=1S/C24H19F2N3OS/c1-15(16-6-10-18(25)11-7-16)27-22(30)14-31-24-21-5-3-2-4-20(21)23(28-29-24)17-8-12-19(26)13-9-17/h2-13,15H,14H2,1H3,(H,27,30). The summed E-state index contributed by atoms with van der Waals surface area (Å²) in [5, 5.41) is 14.0. The third kappa shape index (κ3) is 4.88. The van der Waals surface area contributed by atoms with Crippen molar-refractivity contribution >= 4 is 28.4 Å². The van der Waals surface area contributed by atoms with Crippen LogP contribution in [0.5, 0.6) is 0 Å². The number of thioether (sulfide) groups is 1.